The molecular formula is C29H34FN3O4S. The number of carbonyl (C=O) groups is 2. The molecule has 7 nitrogen and oxygen atoms in total. The lowest BCUT2D eigenvalue weighted by molar-refractivity contribution is -0.139. The van der Waals surface area contributed by atoms with Crippen molar-refractivity contribution in [1.82, 2.24) is 10.2 Å². The number of amides is 2. The van der Waals surface area contributed by atoms with Crippen molar-refractivity contribution in [3.05, 3.63) is 95.8 Å². The van der Waals surface area contributed by atoms with Crippen LogP contribution in [-0.2, 0) is 26.2 Å². The Morgan fingerprint density at radius 3 is 2.21 bits per heavy atom. The third-order valence-electron chi connectivity index (χ3n) is 6.20. The molecule has 3 aromatic carbocycles. The second-order valence-electron chi connectivity index (χ2n) is 9.10. The summed E-state index contributed by atoms with van der Waals surface area (Å²) in [4.78, 5) is 27.9. The molecule has 0 bridgehead atoms. The number of sulfonamides is 1. The Hall–Kier alpha value is -3.72. The highest BCUT2D eigenvalue weighted by atomic mass is 32.2. The van der Waals surface area contributed by atoms with E-state index in [1.54, 1.807) is 19.1 Å². The Kier molecular flexibility index (Phi) is 10.0. The summed E-state index contributed by atoms with van der Waals surface area (Å²) in [5, 5.41) is 2.84. The average Bonchev–Trinajstić information content (AvgIpc) is 2.91. The molecule has 1 atom stereocenters. The molecule has 202 valence electrons. The van der Waals surface area contributed by atoms with Crippen molar-refractivity contribution >= 4 is 27.5 Å². The number of carbonyl (C=O) groups excluding carboxylic acids is 2. The summed E-state index contributed by atoms with van der Waals surface area (Å²) < 4.78 is 43.1. The standard InChI is InChI=1S/C29H34FN3O4S/c1-4-5-19-31-29(35)23(3)32(20-24-11-7-6-8-12-24)28(34)21-33(27-14-10-9-13-26(27)30)38(36,37)25-17-15-22(2)16-18-25/h6-18,23H,4-5,19-21H2,1-3H3,(H,31,35). The van der Waals surface area contributed by atoms with Crippen LogP contribution in [0.3, 0.4) is 0 Å². The number of halogens is 1. The first kappa shape index (κ1) is 28.8. The van der Waals surface area contributed by atoms with Crippen molar-refractivity contribution < 1.29 is 22.4 Å². The fourth-order valence-electron chi connectivity index (χ4n) is 3.90. The van der Waals surface area contributed by atoms with E-state index in [1.165, 1.54) is 35.2 Å². The van der Waals surface area contributed by atoms with Crippen molar-refractivity contribution in [3.63, 3.8) is 0 Å². The number of benzene rings is 3. The van der Waals surface area contributed by atoms with E-state index in [4.69, 9.17) is 0 Å². The van der Waals surface area contributed by atoms with Crippen LogP contribution in [0.25, 0.3) is 0 Å². The Balaban J connectivity index is 1.99. The highest BCUT2D eigenvalue weighted by Gasteiger charge is 2.33. The lowest BCUT2D eigenvalue weighted by Crippen LogP contribution is -2.51. The molecule has 0 radical (unpaired) electrons. The van der Waals surface area contributed by atoms with Crippen LogP contribution >= 0.6 is 0 Å². The van der Waals surface area contributed by atoms with Crippen molar-refractivity contribution in [2.75, 3.05) is 17.4 Å². The average molecular weight is 540 g/mol. The molecule has 0 saturated heterocycles. The molecular weight excluding hydrogens is 505 g/mol. The normalized spacial score (nSPS) is 12.0. The first-order chi connectivity index (χ1) is 18.1. The highest BCUT2D eigenvalue weighted by Crippen LogP contribution is 2.27. The van der Waals surface area contributed by atoms with E-state index in [9.17, 15) is 22.4 Å². The van der Waals surface area contributed by atoms with E-state index < -0.39 is 34.3 Å². The van der Waals surface area contributed by atoms with Crippen LogP contribution in [0.2, 0.25) is 0 Å². The largest absolute Gasteiger partial charge is 0.354 e. The summed E-state index contributed by atoms with van der Waals surface area (Å²) in [6, 6.07) is 19.8. The summed E-state index contributed by atoms with van der Waals surface area (Å²) in [6.07, 6.45) is 1.69. The molecule has 0 heterocycles. The van der Waals surface area contributed by atoms with Gasteiger partial charge in [-0.1, -0.05) is 73.5 Å². The maximum Gasteiger partial charge on any atom is 0.264 e. The van der Waals surface area contributed by atoms with Crippen LogP contribution in [-0.4, -0.2) is 44.3 Å². The molecule has 0 aliphatic carbocycles. The van der Waals surface area contributed by atoms with E-state index in [2.05, 4.69) is 5.32 Å². The monoisotopic (exact) mass is 539 g/mol. The van der Waals surface area contributed by atoms with Crippen LogP contribution in [0.1, 0.15) is 37.8 Å². The summed E-state index contributed by atoms with van der Waals surface area (Å²) in [5.74, 6) is -1.76. The summed E-state index contributed by atoms with van der Waals surface area (Å²) in [5.41, 5.74) is 1.38. The lowest BCUT2D eigenvalue weighted by Gasteiger charge is -2.32. The minimum Gasteiger partial charge on any atom is -0.354 e. The van der Waals surface area contributed by atoms with Crippen molar-refractivity contribution in [2.24, 2.45) is 0 Å². The molecule has 38 heavy (non-hydrogen) atoms. The molecule has 9 heteroatoms. The SMILES string of the molecule is CCCCNC(=O)C(C)N(Cc1ccccc1)C(=O)CN(c1ccccc1F)S(=O)(=O)c1ccc(C)cc1. The number of hydrogen-bond donors (Lipinski definition) is 1. The minimum atomic E-state index is -4.31. The molecule has 0 saturated carbocycles. The van der Waals surface area contributed by atoms with Gasteiger partial charge < -0.3 is 10.2 Å². The number of para-hydroxylation sites is 1. The van der Waals surface area contributed by atoms with Gasteiger partial charge in [-0.05, 0) is 50.1 Å². The number of nitrogens with zero attached hydrogens (tertiary/aromatic N) is 2. The molecule has 3 rings (SSSR count). The van der Waals surface area contributed by atoms with Crippen LogP contribution < -0.4 is 9.62 Å². The maximum atomic E-state index is 14.9. The van der Waals surface area contributed by atoms with Gasteiger partial charge >= 0.3 is 0 Å². The van der Waals surface area contributed by atoms with Crippen LogP contribution in [0.5, 0.6) is 0 Å². The van der Waals surface area contributed by atoms with Gasteiger partial charge in [0.25, 0.3) is 10.0 Å². The zero-order valence-corrected chi connectivity index (χ0v) is 22.7. The van der Waals surface area contributed by atoms with Gasteiger partial charge in [0, 0.05) is 13.1 Å². The smallest absolute Gasteiger partial charge is 0.264 e. The summed E-state index contributed by atoms with van der Waals surface area (Å²) >= 11 is 0. The third kappa shape index (κ3) is 7.19. The Bertz CT molecular complexity index is 1330. The van der Waals surface area contributed by atoms with E-state index in [0.717, 1.165) is 34.3 Å². The number of anilines is 1. The number of unbranched alkanes of at least 4 members (excludes halogenated alkanes) is 1. The number of aryl methyl sites for hydroxylation is 1. The zero-order valence-electron chi connectivity index (χ0n) is 21.9. The second-order valence-corrected chi connectivity index (χ2v) is 11.0. The fourth-order valence-corrected chi connectivity index (χ4v) is 5.33. The molecule has 0 aliphatic heterocycles. The topological polar surface area (TPSA) is 86.8 Å². The van der Waals surface area contributed by atoms with Gasteiger partial charge in [0.2, 0.25) is 11.8 Å². The minimum absolute atomic E-state index is 0.0703. The van der Waals surface area contributed by atoms with Crippen LogP contribution in [0.15, 0.2) is 83.8 Å². The number of rotatable bonds is 12. The van der Waals surface area contributed by atoms with Crippen LogP contribution in [0.4, 0.5) is 10.1 Å². The summed E-state index contributed by atoms with van der Waals surface area (Å²) in [6.45, 7) is 5.30. The van der Waals surface area contributed by atoms with Crippen molar-refractivity contribution in [1.29, 1.82) is 0 Å². The molecule has 0 fully saturated rings. The van der Waals surface area contributed by atoms with Gasteiger partial charge in [-0.2, -0.15) is 0 Å². The van der Waals surface area contributed by atoms with E-state index in [-0.39, 0.29) is 23.0 Å². The Morgan fingerprint density at radius 1 is 0.947 bits per heavy atom. The van der Waals surface area contributed by atoms with Gasteiger partial charge in [-0.15, -0.1) is 0 Å². The number of nitrogens with one attached hydrogen (secondary N) is 1. The molecule has 1 N–H and O–H groups in total. The lowest BCUT2D eigenvalue weighted by atomic mass is 10.1. The van der Waals surface area contributed by atoms with Gasteiger partial charge in [-0.25, -0.2) is 12.8 Å². The highest BCUT2D eigenvalue weighted by molar-refractivity contribution is 7.92. The second kappa shape index (κ2) is 13.2. The first-order valence-corrected chi connectivity index (χ1v) is 14.0. The predicted octanol–water partition coefficient (Wildman–Crippen LogP) is 4.66. The molecule has 0 spiro atoms. The van der Waals surface area contributed by atoms with E-state index in [0.29, 0.717) is 6.54 Å². The van der Waals surface area contributed by atoms with Gasteiger partial charge in [-0.3, -0.25) is 13.9 Å². The Labute approximate surface area is 224 Å². The Morgan fingerprint density at radius 2 is 1.58 bits per heavy atom. The van der Waals surface area contributed by atoms with Gasteiger partial charge in [0.05, 0.1) is 10.6 Å². The quantitative estimate of drug-likeness (QED) is 0.339. The van der Waals surface area contributed by atoms with E-state index in [1.807, 2.05) is 44.2 Å². The molecule has 2 amide bonds. The predicted molar refractivity (Wildman–Crippen MR) is 146 cm³/mol. The molecule has 0 aliphatic rings. The molecule has 1 unspecified atom stereocenters. The van der Waals surface area contributed by atoms with Gasteiger partial charge in [0.1, 0.15) is 18.4 Å². The first-order valence-electron chi connectivity index (χ1n) is 12.6. The zero-order chi connectivity index (χ0) is 27.7. The molecule has 3 aromatic rings. The fraction of sp³-hybridized carbons (Fsp3) is 0.310. The van der Waals surface area contributed by atoms with Gasteiger partial charge in [0.15, 0.2) is 0 Å². The third-order valence-corrected chi connectivity index (χ3v) is 7.98. The maximum absolute atomic E-state index is 14.9. The molecule has 0 aromatic heterocycles. The van der Waals surface area contributed by atoms with Crippen molar-refractivity contribution in [2.45, 2.75) is 51.1 Å². The van der Waals surface area contributed by atoms with Crippen LogP contribution in [0, 0.1) is 12.7 Å². The summed E-state index contributed by atoms with van der Waals surface area (Å²) in [7, 11) is -4.31. The number of hydrogen-bond acceptors (Lipinski definition) is 4. The van der Waals surface area contributed by atoms with E-state index >= 15 is 0 Å². The van der Waals surface area contributed by atoms with Crippen molar-refractivity contribution in [3.8, 4) is 0 Å².